The first-order valence-corrected chi connectivity index (χ1v) is 14.8. The summed E-state index contributed by atoms with van der Waals surface area (Å²) in [4.78, 5) is 30.5. The van der Waals surface area contributed by atoms with E-state index in [9.17, 15) is 18.0 Å². The van der Waals surface area contributed by atoms with Crippen molar-refractivity contribution < 1.29 is 18.0 Å². The molecule has 2 aromatic heterocycles. The highest BCUT2D eigenvalue weighted by Crippen LogP contribution is 2.30. The van der Waals surface area contributed by atoms with Crippen molar-refractivity contribution >= 4 is 28.8 Å². The van der Waals surface area contributed by atoms with Gasteiger partial charge in [-0.15, -0.1) is 0 Å². The number of halogens is 3. The number of likely N-dealkylation sites (tertiary alicyclic amines) is 2. The van der Waals surface area contributed by atoms with E-state index in [2.05, 4.69) is 44.8 Å². The summed E-state index contributed by atoms with van der Waals surface area (Å²) in [6.07, 6.45) is 0.569. The molecule has 9 nitrogen and oxygen atoms in total. The van der Waals surface area contributed by atoms with E-state index in [-0.39, 0.29) is 18.5 Å². The number of carbonyl (C=O) groups excluding carboxylic acids is 1. The molecular formula is C31H35F3N8O. The van der Waals surface area contributed by atoms with Crippen molar-refractivity contribution in [3.8, 4) is 0 Å². The van der Waals surface area contributed by atoms with Gasteiger partial charge in [-0.2, -0.15) is 23.1 Å². The van der Waals surface area contributed by atoms with Crippen LogP contribution in [0, 0.1) is 0 Å². The number of amides is 1. The number of carbonyl (C=O) groups is 1. The number of anilines is 2. The summed E-state index contributed by atoms with van der Waals surface area (Å²) in [5.74, 6) is 1.05. The Morgan fingerprint density at radius 3 is 2.47 bits per heavy atom. The van der Waals surface area contributed by atoms with Crippen LogP contribution in [-0.2, 0) is 30.6 Å². The average Bonchev–Trinajstić information content (AvgIpc) is 3.61. The minimum atomic E-state index is -4.42. The van der Waals surface area contributed by atoms with Gasteiger partial charge in [0.05, 0.1) is 11.9 Å². The molecular weight excluding hydrogens is 557 g/mol. The van der Waals surface area contributed by atoms with Crippen molar-refractivity contribution in [3.05, 3.63) is 77.6 Å². The first kappa shape index (κ1) is 28.9. The summed E-state index contributed by atoms with van der Waals surface area (Å²) < 4.78 is 41.7. The number of hydrogen-bond donors (Lipinski definition) is 2. The van der Waals surface area contributed by atoms with Crippen LogP contribution >= 0.6 is 0 Å². The van der Waals surface area contributed by atoms with Crippen LogP contribution in [0.5, 0.6) is 0 Å². The normalized spacial score (nSPS) is 16.7. The maximum atomic E-state index is 13.3. The molecule has 4 heterocycles. The Morgan fingerprint density at radius 2 is 1.72 bits per heavy atom. The molecule has 2 aromatic carbocycles. The van der Waals surface area contributed by atoms with Crippen molar-refractivity contribution in [3.63, 3.8) is 0 Å². The van der Waals surface area contributed by atoms with Crippen LogP contribution in [0.25, 0.3) is 11.2 Å². The minimum absolute atomic E-state index is 0.141. The fraction of sp³-hybridized carbons (Fsp3) is 0.419. The van der Waals surface area contributed by atoms with Gasteiger partial charge in [0.1, 0.15) is 0 Å². The van der Waals surface area contributed by atoms with Gasteiger partial charge in [0, 0.05) is 58.3 Å². The minimum Gasteiger partial charge on any atom is -0.364 e. The lowest BCUT2D eigenvalue weighted by atomic mass is 10.0. The molecule has 0 saturated carbocycles. The summed E-state index contributed by atoms with van der Waals surface area (Å²) in [7, 11) is 0. The average molecular weight is 593 g/mol. The second-order valence-electron chi connectivity index (χ2n) is 11.2. The van der Waals surface area contributed by atoms with Crippen molar-refractivity contribution in [2.45, 2.75) is 57.5 Å². The van der Waals surface area contributed by atoms with Crippen molar-refractivity contribution in [1.29, 1.82) is 0 Å². The Kier molecular flexibility index (Phi) is 8.46. The molecule has 0 radical (unpaired) electrons. The topological polar surface area (TPSA) is 91.2 Å². The lowest BCUT2D eigenvalue weighted by Gasteiger charge is -2.32. The van der Waals surface area contributed by atoms with Gasteiger partial charge >= 0.3 is 6.18 Å². The molecule has 0 spiro atoms. The predicted molar refractivity (Wildman–Crippen MR) is 158 cm³/mol. The molecule has 2 aliphatic heterocycles. The number of rotatable bonds is 10. The van der Waals surface area contributed by atoms with E-state index in [1.54, 1.807) is 12.4 Å². The van der Waals surface area contributed by atoms with Gasteiger partial charge in [-0.1, -0.05) is 42.5 Å². The van der Waals surface area contributed by atoms with Crippen LogP contribution in [0.1, 0.15) is 42.4 Å². The van der Waals surface area contributed by atoms with Crippen LogP contribution in [0.4, 0.5) is 24.9 Å². The maximum Gasteiger partial charge on any atom is 0.416 e. The number of hydrogen-bond acceptors (Lipinski definition) is 7. The number of nitrogens with one attached hydrogen (secondary N) is 2. The molecule has 0 aliphatic carbocycles. The lowest BCUT2D eigenvalue weighted by Crippen LogP contribution is -2.39. The molecule has 0 atom stereocenters. The van der Waals surface area contributed by atoms with E-state index < -0.39 is 11.7 Å². The second-order valence-corrected chi connectivity index (χ2v) is 11.2. The van der Waals surface area contributed by atoms with Crippen molar-refractivity contribution in [2.75, 3.05) is 36.8 Å². The first-order valence-electron chi connectivity index (χ1n) is 14.8. The predicted octanol–water partition coefficient (Wildman–Crippen LogP) is 5.16. The number of nitrogens with zero attached hydrogens (tertiary/aromatic N) is 6. The summed E-state index contributed by atoms with van der Waals surface area (Å²) in [5.41, 5.74) is 2.22. The highest BCUT2D eigenvalue weighted by atomic mass is 19.4. The smallest absolute Gasteiger partial charge is 0.364 e. The summed E-state index contributed by atoms with van der Waals surface area (Å²) in [6.45, 7) is 4.78. The largest absolute Gasteiger partial charge is 0.416 e. The standard InChI is InChI=1S/C31H35F3N8O/c32-31(33,34)24-9-4-8-23(18-24)19-35-28-27-29(42(21-36-27)17-16-41-13-5-10-26(41)43)39-30(38-28)37-25-11-14-40(15-12-25)20-22-6-2-1-3-7-22/h1-4,6-9,18,21,25H,5,10-17,19-20H2,(H2,35,37,38,39). The first-order chi connectivity index (χ1) is 20.8. The van der Waals surface area contributed by atoms with Gasteiger partial charge in [0.2, 0.25) is 11.9 Å². The zero-order valence-corrected chi connectivity index (χ0v) is 23.9. The van der Waals surface area contributed by atoms with Crippen LogP contribution < -0.4 is 10.6 Å². The van der Waals surface area contributed by atoms with Gasteiger partial charge in [0.25, 0.3) is 0 Å². The van der Waals surface area contributed by atoms with E-state index in [4.69, 9.17) is 9.97 Å². The quantitative estimate of drug-likeness (QED) is 0.263. The highest BCUT2D eigenvalue weighted by molar-refractivity contribution is 5.84. The van der Waals surface area contributed by atoms with Crippen molar-refractivity contribution in [1.82, 2.24) is 29.3 Å². The fourth-order valence-electron chi connectivity index (χ4n) is 5.77. The third-order valence-corrected chi connectivity index (χ3v) is 8.13. The van der Waals surface area contributed by atoms with E-state index in [0.29, 0.717) is 48.0 Å². The molecule has 12 heteroatoms. The molecule has 4 aromatic rings. The van der Waals surface area contributed by atoms with E-state index >= 15 is 0 Å². The molecule has 2 aliphatic rings. The Bertz CT molecular complexity index is 1550. The SMILES string of the molecule is O=C1CCCN1CCn1cnc2c(NCc3cccc(C(F)(F)F)c3)nc(NC3CCN(Cc4ccccc4)CC3)nc21. The van der Waals surface area contributed by atoms with Gasteiger partial charge < -0.3 is 20.1 Å². The zero-order chi connectivity index (χ0) is 29.8. The highest BCUT2D eigenvalue weighted by Gasteiger charge is 2.30. The van der Waals surface area contributed by atoms with E-state index in [1.807, 2.05) is 15.5 Å². The molecule has 2 N–H and O–H groups in total. The Balaban J connectivity index is 1.19. The van der Waals surface area contributed by atoms with Crippen molar-refractivity contribution in [2.24, 2.45) is 0 Å². The number of piperidine rings is 1. The van der Waals surface area contributed by atoms with E-state index in [0.717, 1.165) is 57.6 Å². The zero-order valence-electron chi connectivity index (χ0n) is 23.9. The summed E-state index contributed by atoms with van der Waals surface area (Å²) in [5, 5.41) is 6.71. The molecule has 2 saturated heterocycles. The van der Waals surface area contributed by atoms with Crippen LogP contribution in [0.15, 0.2) is 60.9 Å². The Hall–Kier alpha value is -4.19. The van der Waals surface area contributed by atoms with Gasteiger partial charge in [-0.25, -0.2) is 4.98 Å². The second kappa shape index (κ2) is 12.6. The van der Waals surface area contributed by atoms with Crippen LogP contribution in [0.2, 0.25) is 0 Å². The fourth-order valence-corrected chi connectivity index (χ4v) is 5.77. The summed E-state index contributed by atoms with van der Waals surface area (Å²) in [6, 6.07) is 15.9. The number of alkyl halides is 3. The number of imidazole rings is 1. The molecule has 1 amide bonds. The van der Waals surface area contributed by atoms with Gasteiger partial charge in [-0.3, -0.25) is 9.69 Å². The molecule has 0 unspecified atom stereocenters. The van der Waals surface area contributed by atoms with Crippen LogP contribution in [-0.4, -0.2) is 67.4 Å². The molecule has 43 heavy (non-hydrogen) atoms. The number of aromatic nitrogens is 4. The molecule has 0 bridgehead atoms. The number of benzene rings is 2. The lowest BCUT2D eigenvalue weighted by molar-refractivity contribution is -0.137. The van der Waals surface area contributed by atoms with Gasteiger partial charge in [0.15, 0.2) is 17.0 Å². The Labute approximate surface area is 248 Å². The number of fused-ring (bicyclic) bond motifs is 1. The molecule has 226 valence electrons. The third-order valence-electron chi connectivity index (χ3n) is 8.13. The monoisotopic (exact) mass is 592 g/mol. The molecule has 2 fully saturated rings. The third kappa shape index (κ3) is 7.07. The molecule has 6 rings (SSSR count). The van der Waals surface area contributed by atoms with Gasteiger partial charge in [-0.05, 0) is 42.5 Å². The van der Waals surface area contributed by atoms with E-state index in [1.165, 1.54) is 11.6 Å². The maximum absolute atomic E-state index is 13.3. The summed E-state index contributed by atoms with van der Waals surface area (Å²) >= 11 is 0. The Morgan fingerprint density at radius 1 is 0.930 bits per heavy atom. The van der Waals surface area contributed by atoms with Crippen LogP contribution in [0.3, 0.4) is 0 Å².